The van der Waals surface area contributed by atoms with Crippen molar-refractivity contribution in [2.75, 3.05) is 4.90 Å². The maximum absolute atomic E-state index is 7.04. The van der Waals surface area contributed by atoms with Crippen LogP contribution in [0.1, 0.15) is 0 Å². The molecule has 11 rings (SSSR count). The fourth-order valence-electron chi connectivity index (χ4n) is 8.80. The quantitative estimate of drug-likeness (QED) is 0.153. The van der Waals surface area contributed by atoms with E-state index in [-0.39, 0.29) is 0 Å². The molecule has 0 fully saturated rings. The molecule has 0 N–H and O–H groups in total. The zero-order chi connectivity index (χ0) is 39.8. The summed E-state index contributed by atoms with van der Waals surface area (Å²) in [7, 11) is 0. The fraction of sp³-hybridized carbons (Fsp3) is 0. The molecule has 0 amide bonds. The summed E-state index contributed by atoms with van der Waals surface area (Å²) in [6, 6.07) is 84.7. The molecule has 0 radical (unpaired) electrons. The van der Waals surface area contributed by atoms with Gasteiger partial charge < -0.3 is 9.32 Å². The second kappa shape index (κ2) is 15.1. The Morgan fingerprint density at radius 2 is 0.783 bits per heavy atom. The first-order valence-corrected chi connectivity index (χ1v) is 20.5. The van der Waals surface area contributed by atoms with E-state index in [4.69, 9.17) is 4.42 Å². The van der Waals surface area contributed by atoms with Crippen LogP contribution in [0.5, 0.6) is 0 Å². The van der Waals surface area contributed by atoms with Gasteiger partial charge in [0.1, 0.15) is 5.58 Å². The Balaban J connectivity index is 1.09. The number of fused-ring (bicyclic) bond motifs is 4. The minimum Gasteiger partial charge on any atom is -0.453 e. The van der Waals surface area contributed by atoms with Gasteiger partial charge in [0.15, 0.2) is 5.58 Å². The number of anilines is 3. The zero-order valence-electron chi connectivity index (χ0n) is 32.9. The van der Waals surface area contributed by atoms with Crippen LogP contribution < -0.4 is 4.90 Å². The highest BCUT2D eigenvalue weighted by Crippen LogP contribution is 2.46. The average Bonchev–Trinajstić information content (AvgIpc) is 3.72. The van der Waals surface area contributed by atoms with Crippen molar-refractivity contribution in [1.29, 1.82) is 0 Å². The molecule has 282 valence electrons. The average molecular weight is 766 g/mol. The lowest BCUT2D eigenvalue weighted by Crippen LogP contribution is -2.10. The van der Waals surface area contributed by atoms with Crippen LogP contribution in [0.2, 0.25) is 0 Å². The van der Waals surface area contributed by atoms with Gasteiger partial charge in [0.05, 0.1) is 5.69 Å². The van der Waals surface area contributed by atoms with Gasteiger partial charge in [0.2, 0.25) is 0 Å². The summed E-state index contributed by atoms with van der Waals surface area (Å²) in [4.78, 5) is 2.35. The van der Waals surface area contributed by atoms with Gasteiger partial charge >= 0.3 is 0 Å². The van der Waals surface area contributed by atoms with Crippen LogP contribution in [-0.2, 0) is 0 Å². The fourth-order valence-corrected chi connectivity index (χ4v) is 8.80. The van der Waals surface area contributed by atoms with Gasteiger partial charge in [-0.3, -0.25) is 0 Å². The van der Waals surface area contributed by atoms with Gasteiger partial charge in [0.25, 0.3) is 0 Å². The number of benzene rings is 10. The van der Waals surface area contributed by atoms with Gasteiger partial charge in [-0.05, 0) is 97.2 Å². The predicted octanol–water partition coefficient (Wildman–Crippen LogP) is 16.5. The number of hydrogen-bond acceptors (Lipinski definition) is 2. The van der Waals surface area contributed by atoms with Crippen molar-refractivity contribution >= 4 is 49.8 Å². The molecule has 2 heteroatoms. The molecular formula is C58H39NO. The van der Waals surface area contributed by atoms with Crippen LogP contribution in [-0.4, -0.2) is 0 Å². The van der Waals surface area contributed by atoms with Crippen molar-refractivity contribution in [2.45, 2.75) is 0 Å². The summed E-state index contributed by atoms with van der Waals surface area (Å²) in [6.45, 7) is 0. The molecule has 0 aliphatic carbocycles. The molecule has 0 saturated heterocycles. The molecule has 60 heavy (non-hydrogen) atoms. The van der Waals surface area contributed by atoms with Crippen LogP contribution in [0, 0.1) is 0 Å². The van der Waals surface area contributed by atoms with Gasteiger partial charge in [-0.25, -0.2) is 0 Å². The summed E-state index contributed by atoms with van der Waals surface area (Å²) in [5, 5.41) is 4.68. The molecule has 0 aliphatic heterocycles. The number of furan rings is 1. The lowest BCUT2D eigenvalue weighted by molar-refractivity contribution is 0.670. The molecule has 0 saturated carbocycles. The van der Waals surface area contributed by atoms with E-state index in [1.165, 1.54) is 38.6 Å². The smallest absolute Gasteiger partial charge is 0.159 e. The van der Waals surface area contributed by atoms with Gasteiger partial charge in [-0.1, -0.05) is 200 Å². The summed E-state index contributed by atoms with van der Waals surface area (Å²) in [6.07, 6.45) is 0. The summed E-state index contributed by atoms with van der Waals surface area (Å²) < 4.78 is 7.04. The molecule has 0 spiro atoms. The van der Waals surface area contributed by atoms with Crippen molar-refractivity contribution in [3.8, 4) is 55.6 Å². The third kappa shape index (κ3) is 6.32. The Labute approximate surface area is 349 Å². The first-order valence-electron chi connectivity index (χ1n) is 20.5. The minimum absolute atomic E-state index is 0.844. The van der Waals surface area contributed by atoms with E-state index in [9.17, 15) is 0 Å². The van der Waals surface area contributed by atoms with E-state index in [0.29, 0.717) is 0 Å². The molecule has 2 nitrogen and oxygen atoms in total. The maximum atomic E-state index is 7.04. The highest BCUT2D eigenvalue weighted by atomic mass is 16.3. The van der Waals surface area contributed by atoms with Crippen molar-refractivity contribution in [1.82, 2.24) is 0 Å². The topological polar surface area (TPSA) is 16.4 Å². The molecule has 1 heterocycles. The van der Waals surface area contributed by atoms with Crippen LogP contribution in [0.3, 0.4) is 0 Å². The second-order valence-corrected chi connectivity index (χ2v) is 15.3. The van der Waals surface area contributed by atoms with E-state index < -0.39 is 0 Å². The molecule has 11 aromatic rings. The Hall–Kier alpha value is -7.94. The Morgan fingerprint density at radius 3 is 1.53 bits per heavy atom. The summed E-state index contributed by atoms with van der Waals surface area (Å²) in [5.74, 6) is 0. The van der Waals surface area contributed by atoms with E-state index in [2.05, 4.69) is 241 Å². The van der Waals surface area contributed by atoms with Gasteiger partial charge in [0, 0.05) is 27.7 Å². The van der Waals surface area contributed by atoms with Crippen LogP contribution in [0.15, 0.2) is 241 Å². The van der Waals surface area contributed by atoms with E-state index in [1.54, 1.807) is 0 Å². The first kappa shape index (κ1) is 35.2. The molecule has 10 aromatic carbocycles. The number of hydrogen-bond donors (Lipinski definition) is 0. The number of para-hydroxylation sites is 2. The van der Waals surface area contributed by atoms with Crippen LogP contribution >= 0.6 is 0 Å². The SMILES string of the molecule is c1ccc(-c2ccc(N(c3ccc(-c4cccc(-c5cccc6ccccc56)c4)cc3)c3cccc4c3oc3c(-c5ccccc5)cccc34)cc2-c2ccccc2)cc1. The first-order chi connectivity index (χ1) is 29.8. The van der Waals surface area contributed by atoms with Crippen molar-refractivity contribution < 1.29 is 4.42 Å². The Kier molecular flexibility index (Phi) is 8.87. The third-order valence-corrected chi connectivity index (χ3v) is 11.7. The van der Waals surface area contributed by atoms with Gasteiger partial charge in [-0.15, -0.1) is 0 Å². The van der Waals surface area contributed by atoms with E-state index >= 15 is 0 Å². The van der Waals surface area contributed by atoms with Gasteiger partial charge in [-0.2, -0.15) is 0 Å². The lowest BCUT2D eigenvalue weighted by Gasteiger charge is -2.27. The summed E-state index contributed by atoms with van der Waals surface area (Å²) in [5.41, 5.74) is 16.4. The molecule has 1 aromatic heterocycles. The standard InChI is InChI=1S/C58H39NO/c1-4-16-41(17-5-1)51-37-36-48(39-55(51)44-20-8-3-9-21-44)59(56-31-15-30-54-53-29-14-28-52(57(53)60-58(54)56)43-18-6-2-7-19-43)47-34-32-40(33-35-47)45-24-12-25-46(38-45)50-27-13-23-42-22-10-11-26-49(42)50/h1-39H. The minimum atomic E-state index is 0.844. The normalized spacial score (nSPS) is 11.3. The molecule has 0 unspecified atom stereocenters. The third-order valence-electron chi connectivity index (χ3n) is 11.7. The van der Waals surface area contributed by atoms with Crippen molar-refractivity contribution in [3.63, 3.8) is 0 Å². The zero-order valence-corrected chi connectivity index (χ0v) is 32.9. The lowest BCUT2D eigenvalue weighted by atomic mass is 9.93. The van der Waals surface area contributed by atoms with Crippen LogP contribution in [0.25, 0.3) is 88.3 Å². The second-order valence-electron chi connectivity index (χ2n) is 15.3. The number of rotatable bonds is 8. The predicted molar refractivity (Wildman–Crippen MR) is 253 cm³/mol. The van der Waals surface area contributed by atoms with Crippen molar-refractivity contribution in [2.24, 2.45) is 0 Å². The van der Waals surface area contributed by atoms with Crippen LogP contribution in [0.4, 0.5) is 17.1 Å². The Bertz CT molecular complexity index is 3290. The largest absolute Gasteiger partial charge is 0.453 e. The van der Waals surface area contributed by atoms with Crippen molar-refractivity contribution in [3.05, 3.63) is 237 Å². The maximum Gasteiger partial charge on any atom is 0.159 e. The highest BCUT2D eigenvalue weighted by molar-refractivity contribution is 6.13. The monoisotopic (exact) mass is 765 g/mol. The Morgan fingerprint density at radius 1 is 0.267 bits per heavy atom. The van der Waals surface area contributed by atoms with E-state index in [1.807, 2.05) is 0 Å². The summed E-state index contributed by atoms with van der Waals surface area (Å²) >= 11 is 0. The molecule has 0 aliphatic rings. The molecular weight excluding hydrogens is 727 g/mol. The molecule has 0 bridgehead atoms. The molecule has 0 atom stereocenters. The highest BCUT2D eigenvalue weighted by Gasteiger charge is 2.22. The van der Waals surface area contributed by atoms with E-state index in [0.717, 1.165) is 66.8 Å². The number of nitrogens with zero attached hydrogens (tertiary/aromatic N) is 1.